The smallest absolute Gasteiger partial charge is 0.119 e. The van der Waals surface area contributed by atoms with Crippen molar-refractivity contribution in [2.24, 2.45) is 5.92 Å². The summed E-state index contributed by atoms with van der Waals surface area (Å²) in [5.74, 6) is 1.59. The Morgan fingerprint density at radius 1 is 1.13 bits per heavy atom. The van der Waals surface area contributed by atoms with Gasteiger partial charge in [-0.3, -0.25) is 0 Å². The lowest BCUT2D eigenvalue weighted by Gasteiger charge is -2.32. The molecule has 2 aromatic carbocycles. The van der Waals surface area contributed by atoms with Gasteiger partial charge >= 0.3 is 0 Å². The maximum atomic E-state index is 5.45. The average molecular weight is 405 g/mol. The molecule has 0 unspecified atom stereocenters. The fraction of sp³-hybridized carbons (Fsp3) is 0.400. The van der Waals surface area contributed by atoms with E-state index >= 15 is 0 Å². The van der Waals surface area contributed by atoms with E-state index in [0.29, 0.717) is 0 Å². The molecule has 4 rings (SSSR count). The summed E-state index contributed by atoms with van der Waals surface area (Å²) in [5.41, 5.74) is 4.42. The summed E-state index contributed by atoms with van der Waals surface area (Å²) >= 11 is 0. The van der Waals surface area contributed by atoms with Crippen molar-refractivity contribution in [1.29, 1.82) is 0 Å². The van der Waals surface area contributed by atoms with Gasteiger partial charge in [0.05, 0.1) is 18.5 Å². The van der Waals surface area contributed by atoms with Gasteiger partial charge < -0.3 is 14.5 Å². The number of aromatic nitrogens is 2. The van der Waals surface area contributed by atoms with Crippen molar-refractivity contribution >= 4 is 0 Å². The molecule has 5 nitrogen and oxygen atoms in total. The number of piperidine rings is 1. The fourth-order valence-electron chi connectivity index (χ4n) is 4.47. The number of benzene rings is 2. The molecule has 1 atom stereocenters. The molecular weight excluding hydrogens is 372 g/mol. The zero-order valence-corrected chi connectivity index (χ0v) is 18.3. The Hall–Kier alpha value is -2.63. The highest BCUT2D eigenvalue weighted by atomic mass is 16.5. The van der Waals surface area contributed by atoms with E-state index in [0.717, 1.165) is 41.7 Å². The highest BCUT2D eigenvalue weighted by Gasteiger charge is 2.20. The van der Waals surface area contributed by atoms with Crippen molar-refractivity contribution in [3.8, 4) is 22.7 Å². The van der Waals surface area contributed by atoms with Crippen molar-refractivity contribution in [1.82, 2.24) is 19.6 Å². The highest BCUT2D eigenvalue weighted by Crippen LogP contribution is 2.28. The van der Waals surface area contributed by atoms with Crippen molar-refractivity contribution in [3.63, 3.8) is 0 Å². The number of ether oxygens (including phenoxy) is 1. The molecule has 2 heterocycles. The third-order valence-corrected chi connectivity index (χ3v) is 5.89. The summed E-state index contributed by atoms with van der Waals surface area (Å²) in [5, 5.41) is 4.96. The first-order valence-corrected chi connectivity index (χ1v) is 10.8. The lowest BCUT2D eigenvalue weighted by molar-refractivity contribution is 0.164. The molecule has 3 aromatic rings. The molecule has 0 saturated carbocycles. The molecule has 5 heteroatoms. The zero-order chi connectivity index (χ0) is 20.9. The third-order valence-electron chi connectivity index (χ3n) is 5.89. The molecule has 0 radical (unpaired) electrons. The number of likely N-dealkylation sites (tertiary alicyclic amines) is 1. The molecule has 1 aromatic heterocycles. The molecule has 1 fully saturated rings. The SMILES string of the molecule is COc1cccc(-c2nn(-c3ccccc3)cc2CN(C)C[C@@H]2CCCN(C)C2)c1. The number of para-hydroxylation sites is 1. The van der Waals surface area contributed by atoms with Crippen LogP contribution in [-0.4, -0.2) is 60.4 Å². The molecule has 158 valence electrons. The first kappa shape index (κ1) is 20.6. The van der Waals surface area contributed by atoms with Gasteiger partial charge in [0.2, 0.25) is 0 Å². The molecule has 1 aliphatic rings. The molecule has 0 N–H and O–H groups in total. The van der Waals surface area contributed by atoms with Crippen LogP contribution in [0.2, 0.25) is 0 Å². The topological polar surface area (TPSA) is 33.5 Å². The van der Waals surface area contributed by atoms with Gasteiger partial charge in [0.1, 0.15) is 5.75 Å². The van der Waals surface area contributed by atoms with Gasteiger partial charge in [-0.15, -0.1) is 0 Å². The molecule has 1 saturated heterocycles. The Balaban J connectivity index is 1.60. The maximum absolute atomic E-state index is 5.45. The monoisotopic (exact) mass is 404 g/mol. The fourth-order valence-corrected chi connectivity index (χ4v) is 4.47. The van der Waals surface area contributed by atoms with Gasteiger partial charge in [0.15, 0.2) is 0 Å². The number of hydrogen-bond acceptors (Lipinski definition) is 4. The molecular formula is C25H32N4O. The Morgan fingerprint density at radius 2 is 1.97 bits per heavy atom. The molecule has 0 spiro atoms. The van der Waals surface area contributed by atoms with Crippen LogP contribution in [0.1, 0.15) is 18.4 Å². The van der Waals surface area contributed by atoms with E-state index in [1.807, 2.05) is 35.0 Å². The van der Waals surface area contributed by atoms with Gasteiger partial charge in [0.25, 0.3) is 0 Å². The summed E-state index contributed by atoms with van der Waals surface area (Å²) in [6.07, 6.45) is 4.80. The number of methoxy groups -OCH3 is 1. The van der Waals surface area contributed by atoms with Crippen LogP contribution in [0.15, 0.2) is 60.8 Å². The van der Waals surface area contributed by atoms with Crippen LogP contribution in [-0.2, 0) is 6.54 Å². The number of hydrogen-bond donors (Lipinski definition) is 0. The van der Waals surface area contributed by atoms with Gasteiger partial charge in [-0.2, -0.15) is 5.10 Å². The third kappa shape index (κ3) is 4.91. The summed E-state index contributed by atoms with van der Waals surface area (Å²) in [7, 11) is 6.17. The van der Waals surface area contributed by atoms with Crippen LogP contribution >= 0.6 is 0 Å². The van der Waals surface area contributed by atoms with Crippen LogP contribution in [0.5, 0.6) is 5.75 Å². The lowest BCUT2D eigenvalue weighted by atomic mass is 9.98. The quantitative estimate of drug-likeness (QED) is 0.587. The second kappa shape index (κ2) is 9.45. The predicted octanol–water partition coefficient (Wildman–Crippen LogP) is 4.32. The highest BCUT2D eigenvalue weighted by molar-refractivity contribution is 5.65. The van der Waals surface area contributed by atoms with E-state index < -0.39 is 0 Å². The van der Waals surface area contributed by atoms with Crippen molar-refractivity contribution in [2.75, 3.05) is 40.8 Å². The molecule has 0 amide bonds. The molecule has 1 aliphatic heterocycles. The molecule has 30 heavy (non-hydrogen) atoms. The first-order valence-electron chi connectivity index (χ1n) is 10.8. The van der Waals surface area contributed by atoms with Crippen molar-refractivity contribution in [2.45, 2.75) is 19.4 Å². The van der Waals surface area contributed by atoms with Gasteiger partial charge in [0, 0.05) is 37.0 Å². The van der Waals surface area contributed by atoms with E-state index in [1.54, 1.807) is 7.11 Å². The second-order valence-electron chi connectivity index (χ2n) is 8.48. The Bertz CT molecular complexity index is 953. The van der Waals surface area contributed by atoms with Crippen LogP contribution in [0.4, 0.5) is 0 Å². The zero-order valence-electron chi connectivity index (χ0n) is 18.3. The van der Waals surface area contributed by atoms with E-state index in [-0.39, 0.29) is 0 Å². The van der Waals surface area contributed by atoms with Crippen LogP contribution in [0.3, 0.4) is 0 Å². The summed E-state index contributed by atoms with van der Waals surface area (Å²) < 4.78 is 7.44. The predicted molar refractivity (Wildman–Crippen MR) is 122 cm³/mol. The van der Waals surface area contributed by atoms with E-state index in [2.05, 4.69) is 54.4 Å². The summed E-state index contributed by atoms with van der Waals surface area (Å²) in [6.45, 7) is 4.40. The van der Waals surface area contributed by atoms with E-state index in [4.69, 9.17) is 9.84 Å². The standard InChI is InChI=1S/C25H32N4O/c1-27-14-8-9-20(16-27)17-28(2)18-22-19-29(23-11-5-4-6-12-23)26-25(22)21-10-7-13-24(15-21)30-3/h4-7,10-13,15,19-20H,8-9,14,16-18H2,1-3H3/t20-/m1/s1. The average Bonchev–Trinajstić information content (AvgIpc) is 3.18. The minimum Gasteiger partial charge on any atom is -0.497 e. The van der Waals surface area contributed by atoms with Crippen molar-refractivity contribution in [3.05, 3.63) is 66.4 Å². The maximum Gasteiger partial charge on any atom is 0.119 e. The van der Waals surface area contributed by atoms with Gasteiger partial charge in [-0.05, 0) is 63.7 Å². The largest absolute Gasteiger partial charge is 0.497 e. The minimum atomic E-state index is 0.734. The number of nitrogens with zero attached hydrogens (tertiary/aromatic N) is 4. The second-order valence-corrected chi connectivity index (χ2v) is 8.48. The van der Waals surface area contributed by atoms with Crippen LogP contribution < -0.4 is 4.74 Å². The normalized spacial score (nSPS) is 17.4. The Morgan fingerprint density at radius 3 is 2.73 bits per heavy atom. The van der Waals surface area contributed by atoms with E-state index in [9.17, 15) is 0 Å². The van der Waals surface area contributed by atoms with Gasteiger partial charge in [-0.1, -0.05) is 30.3 Å². The molecule has 0 aliphatic carbocycles. The Kier molecular flexibility index (Phi) is 6.50. The van der Waals surface area contributed by atoms with Gasteiger partial charge in [-0.25, -0.2) is 4.68 Å². The van der Waals surface area contributed by atoms with E-state index in [1.165, 1.54) is 31.5 Å². The first-order chi connectivity index (χ1) is 14.6. The van der Waals surface area contributed by atoms with Crippen molar-refractivity contribution < 1.29 is 4.74 Å². The Labute approximate surface area is 179 Å². The summed E-state index contributed by atoms with van der Waals surface area (Å²) in [6, 6.07) is 18.5. The molecule has 0 bridgehead atoms. The van der Waals surface area contributed by atoms with Crippen LogP contribution in [0.25, 0.3) is 16.9 Å². The minimum absolute atomic E-state index is 0.734. The van der Waals surface area contributed by atoms with Crippen LogP contribution in [0, 0.1) is 5.92 Å². The lowest BCUT2D eigenvalue weighted by Crippen LogP contribution is -2.37. The number of rotatable bonds is 7. The summed E-state index contributed by atoms with van der Waals surface area (Å²) in [4.78, 5) is 4.90.